The molecule has 1 aliphatic heterocycles. The van der Waals surface area contributed by atoms with Crippen LogP contribution in [-0.2, 0) is 11.0 Å². The number of nitrogens with one attached hydrogen (secondary N) is 2. The van der Waals surface area contributed by atoms with Gasteiger partial charge in [-0.15, -0.1) is 0 Å². The molecule has 2 aromatic rings. The first-order valence-corrected chi connectivity index (χ1v) is 8.91. The highest BCUT2D eigenvalue weighted by Gasteiger charge is 2.33. The van der Waals surface area contributed by atoms with Crippen molar-refractivity contribution in [2.24, 2.45) is 0 Å². The number of rotatable bonds is 3. The number of carbonyl (C=O) groups is 2. The highest BCUT2D eigenvalue weighted by molar-refractivity contribution is 6.01. The van der Waals surface area contributed by atoms with Gasteiger partial charge in [0.15, 0.2) is 0 Å². The number of anilines is 3. The quantitative estimate of drug-likeness (QED) is 0.758. The molecule has 0 bridgehead atoms. The lowest BCUT2D eigenvalue weighted by atomic mass is 10.1. The zero-order valence-electron chi connectivity index (χ0n) is 15.3. The molecule has 1 fully saturated rings. The van der Waals surface area contributed by atoms with E-state index in [4.69, 9.17) is 0 Å². The van der Waals surface area contributed by atoms with E-state index in [1.807, 2.05) is 6.92 Å². The number of alkyl halides is 3. The van der Waals surface area contributed by atoms with Crippen molar-refractivity contribution in [3.8, 4) is 0 Å². The lowest BCUT2D eigenvalue weighted by Crippen LogP contribution is -2.35. The van der Waals surface area contributed by atoms with Crippen LogP contribution in [0.4, 0.5) is 35.0 Å². The first-order valence-electron chi connectivity index (χ1n) is 8.91. The minimum absolute atomic E-state index is 0.0663. The van der Waals surface area contributed by atoms with E-state index in [0.29, 0.717) is 18.7 Å². The molecule has 1 saturated heterocycles. The molecule has 3 rings (SSSR count). The van der Waals surface area contributed by atoms with Crippen molar-refractivity contribution in [1.82, 2.24) is 0 Å². The Bertz CT molecular complexity index is 897. The van der Waals surface area contributed by atoms with Crippen LogP contribution in [0.25, 0.3) is 0 Å². The highest BCUT2D eigenvalue weighted by Crippen LogP contribution is 2.34. The molecular formula is C20H20F3N3O2. The Labute approximate surface area is 160 Å². The fraction of sp³-hybridized carbons (Fsp3) is 0.300. The molecule has 1 aliphatic rings. The molecular weight excluding hydrogens is 371 g/mol. The zero-order valence-corrected chi connectivity index (χ0v) is 15.3. The molecule has 2 aromatic carbocycles. The van der Waals surface area contributed by atoms with E-state index in [2.05, 4.69) is 10.6 Å². The molecule has 0 unspecified atom stereocenters. The molecule has 0 spiro atoms. The minimum atomic E-state index is -4.57. The summed E-state index contributed by atoms with van der Waals surface area (Å²) in [5.74, 6) is 0.0663. The van der Waals surface area contributed by atoms with Crippen LogP contribution in [0, 0.1) is 6.92 Å². The molecule has 0 aromatic heterocycles. The largest absolute Gasteiger partial charge is 0.418 e. The number of para-hydroxylation sites is 1. The molecule has 2 N–H and O–H groups in total. The summed E-state index contributed by atoms with van der Waals surface area (Å²) < 4.78 is 39.1. The van der Waals surface area contributed by atoms with E-state index in [1.54, 1.807) is 23.1 Å². The number of benzene rings is 2. The maximum atomic E-state index is 13.0. The van der Waals surface area contributed by atoms with Gasteiger partial charge < -0.3 is 15.5 Å². The lowest BCUT2D eigenvalue weighted by Gasteiger charge is -2.28. The van der Waals surface area contributed by atoms with Gasteiger partial charge >= 0.3 is 12.2 Å². The summed E-state index contributed by atoms with van der Waals surface area (Å²) in [5.41, 5.74) is 0.759. The van der Waals surface area contributed by atoms with Crippen molar-refractivity contribution in [3.63, 3.8) is 0 Å². The van der Waals surface area contributed by atoms with E-state index in [0.717, 1.165) is 30.2 Å². The van der Waals surface area contributed by atoms with Crippen LogP contribution >= 0.6 is 0 Å². The topological polar surface area (TPSA) is 61.4 Å². The Morgan fingerprint density at radius 3 is 2.50 bits per heavy atom. The Hall–Kier alpha value is -3.03. The molecule has 28 heavy (non-hydrogen) atoms. The van der Waals surface area contributed by atoms with Crippen LogP contribution in [-0.4, -0.2) is 18.5 Å². The molecule has 3 amide bonds. The molecule has 1 heterocycles. The van der Waals surface area contributed by atoms with Crippen molar-refractivity contribution in [3.05, 3.63) is 53.6 Å². The summed E-state index contributed by atoms with van der Waals surface area (Å²) in [5, 5.41) is 4.77. The Morgan fingerprint density at radius 2 is 1.82 bits per heavy atom. The zero-order chi connectivity index (χ0) is 20.3. The van der Waals surface area contributed by atoms with Crippen molar-refractivity contribution >= 4 is 29.0 Å². The second-order valence-electron chi connectivity index (χ2n) is 6.63. The predicted molar refractivity (Wildman–Crippen MR) is 101 cm³/mol. The Morgan fingerprint density at radius 1 is 1.07 bits per heavy atom. The van der Waals surface area contributed by atoms with Gasteiger partial charge in [0.25, 0.3) is 0 Å². The number of nitrogens with zero attached hydrogens (tertiary/aromatic N) is 1. The maximum absolute atomic E-state index is 13.0. The van der Waals surface area contributed by atoms with Gasteiger partial charge in [-0.2, -0.15) is 13.2 Å². The van der Waals surface area contributed by atoms with Crippen LogP contribution in [0.5, 0.6) is 0 Å². The van der Waals surface area contributed by atoms with Crippen molar-refractivity contribution < 1.29 is 22.8 Å². The van der Waals surface area contributed by atoms with Gasteiger partial charge in [-0.25, -0.2) is 4.79 Å². The number of carbonyl (C=O) groups excluding carboxylic acids is 2. The number of piperidine rings is 1. The second-order valence-corrected chi connectivity index (χ2v) is 6.63. The van der Waals surface area contributed by atoms with Gasteiger partial charge in [-0.1, -0.05) is 12.1 Å². The molecule has 8 heteroatoms. The van der Waals surface area contributed by atoms with Crippen LogP contribution < -0.4 is 15.5 Å². The normalized spacial score (nSPS) is 14.7. The number of hydrogen-bond donors (Lipinski definition) is 2. The van der Waals surface area contributed by atoms with Gasteiger partial charge in [0.1, 0.15) is 0 Å². The fourth-order valence-electron chi connectivity index (χ4n) is 3.22. The summed E-state index contributed by atoms with van der Waals surface area (Å²) in [6.07, 6.45) is -2.23. The Kier molecular flexibility index (Phi) is 5.58. The van der Waals surface area contributed by atoms with Gasteiger partial charge in [0, 0.05) is 24.3 Å². The number of halogens is 3. The van der Waals surface area contributed by atoms with Gasteiger partial charge in [-0.05, 0) is 55.7 Å². The first-order chi connectivity index (χ1) is 13.3. The monoisotopic (exact) mass is 391 g/mol. The number of hydrogen-bond acceptors (Lipinski definition) is 2. The lowest BCUT2D eigenvalue weighted by molar-refractivity contribution is -0.136. The number of urea groups is 1. The summed E-state index contributed by atoms with van der Waals surface area (Å²) in [6, 6.07) is 9.04. The van der Waals surface area contributed by atoms with Crippen LogP contribution in [0.1, 0.15) is 30.4 Å². The third-order valence-electron chi connectivity index (χ3n) is 4.55. The maximum Gasteiger partial charge on any atom is 0.418 e. The van der Waals surface area contributed by atoms with Crippen LogP contribution in [0.15, 0.2) is 42.5 Å². The first kappa shape index (κ1) is 19.7. The van der Waals surface area contributed by atoms with Crippen molar-refractivity contribution in [2.45, 2.75) is 32.4 Å². The summed E-state index contributed by atoms with van der Waals surface area (Å²) in [4.78, 5) is 26.0. The fourth-order valence-corrected chi connectivity index (χ4v) is 3.22. The standard InChI is InChI=1S/C20H20F3N3O2/c1-13-12-14(9-10-17(13)26-11-5-4-8-18(26)27)24-19(28)25-16-7-3-2-6-15(16)20(21,22)23/h2-3,6-7,9-10,12H,4-5,8,11H2,1H3,(H2,24,25,28). The average molecular weight is 391 g/mol. The summed E-state index contributed by atoms with van der Waals surface area (Å²) in [7, 11) is 0. The average Bonchev–Trinajstić information content (AvgIpc) is 2.62. The Balaban J connectivity index is 1.72. The highest BCUT2D eigenvalue weighted by atomic mass is 19.4. The predicted octanol–water partition coefficient (Wildman–Crippen LogP) is 5.17. The SMILES string of the molecule is Cc1cc(NC(=O)Nc2ccccc2C(F)(F)F)ccc1N1CCCCC1=O. The van der Waals surface area contributed by atoms with Crippen LogP contribution in [0.3, 0.4) is 0 Å². The molecule has 148 valence electrons. The molecule has 0 radical (unpaired) electrons. The van der Waals surface area contributed by atoms with Crippen molar-refractivity contribution in [2.75, 3.05) is 22.1 Å². The van der Waals surface area contributed by atoms with E-state index in [9.17, 15) is 22.8 Å². The molecule has 5 nitrogen and oxygen atoms in total. The van der Waals surface area contributed by atoms with Crippen LogP contribution in [0.2, 0.25) is 0 Å². The summed E-state index contributed by atoms with van der Waals surface area (Å²) in [6.45, 7) is 2.47. The van der Waals surface area contributed by atoms with E-state index in [1.165, 1.54) is 18.2 Å². The number of amides is 3. The third kappa shape index (κ3) is 4.44. The molecule has 0 aliphatic carbocycles. The smallest absolute Gasteiger partial charge is 0.312 e. The summed E-state index contributed by atoms with van der Waals surface area (Å²) >= 11 is 0. The molecule has 0 atom stereocenters. The third-order valence-corrected chi connectivity index (χ3v) is 4.55. The number of aryl methyl sites for hydroxylation is 1. The second kappa shape index (κ2) is 7.92. The van der Waals surface area contributed by atoms with E-state index in [-0.39, 0.29) is 11.6 Å². The van der Waals surface area contributed by atoms with Gasteiger partial charge in [0.2, 0.25) is 5.91 Å². The molecule has 0 saturated carbocycles. The van der Waals surface area contributed by atoms with Gasteiger partial charge in [0.05, 0.1) is 11.3 Å². The van der Waals surface area contributed by atoms with Crippen molar-refractivity contribution in [1.29, 1.82) is 0 Å². The van der Waals surface area contributed by atoms with E-state index >= 15 is 0 Å². The van der Waals surface area contributed by atoms with E-state index < -0.39 is 17.8 Å². The van der Waals surface area contributed by atoms with Gasteiger partial charge in [-0.3, -0.25) is 4.79 Å². The minimum Gasteiger partial charge on any atom is -0.312 e.